The van der Waals surface area contributed by atoms with Crippen LogP contribution in [0.5, 0.6) is 0 Å². The lowest BCUT2D eigenvalue weighted by Crippen LogP contribution is -2.52. The molecule has 2 aromatic rings. The number of hydrogen-bond donors (Lipinski definition) is 0. The van der Waals surface area contributed by atoms with Gasteiger partial charge in [0, 0.05) is 31.1 Å². The van der Waals surface area contributed by atoms with E-state index in [2.05, 4.69) is 10.1 Å². The van der Waals surface area contributed by atoms with E-state index in [0.29, 0.717) is 30.2 Å². The molecular formula is C16H17ClN4O3S. The molecule has 4 heterocycles. The van der Waals surface area contributed by atoms with Crippen molar-refractivity contribution in [3.8, 4) is 0 Å². The van der Waals surface area contributed by atoms with Crippen LogP contribution in [0.25, 0.3) is 0 Å². The number of fused-ring (bicyclic) bond motifs is 1. The Bertz CT molecular complexity index is 829. The summed E-state index contributed by atoms with van der Waals surface area (Å²) >= 11 is 7.52. The number of aryl methyl sites for hydroxylation is 2. The van der Waals surface area contributed by atoms with Crippen molar-refractivity contribution in [1.82, 2.24) is 15.0 Å². The van der Waals surface area contributed by atoms with E-state index in [0.717, 1.165) is 22.3 Å². The smallest absolute Gasteiger partial charge is 0.332 e. The van der Waals surface area contributed by atoms with Gasteiger partial charge in [0.2, 0.25) is 0 Å². The molecule has 0 bridgehead atoms. The number of thiophene rings is 1. The highest BCUT2D eigenvalue weighted by Gasteiger charge is 2.49. The summed E-state index contributed by atoms with van der Waals surface area (Å²) in [5.74, 6) is 0.262. The second-order valence-corrected chi connectivity index (χ2v) is 8.08. The van der Waals surface area contributed by atoms with Crippen molar-refractivity contribution < 1.29 is 14.1 Å². The lowest BCUT2D eigenvalue weighted by molar-refractivity contribution is -0.121. The molecular weight excluding hydrogens is 364 g/mol. The molecule has 9 heteroatoms. The van der Waals surface area contributed by atoms with Crippen LogP contribution < -0.4 is 4.90 Å². The third-order valence-electron chi connectivity index (χ3n) is 4.63. The molecule has 2 fully saturated rings. The fourth-order valence-corrected chi connectivity index (χ4v) is 4.59. The van der Waals surface area contributed by atoms with Gasteiger partial charge in [0.15, 0.2) is 5.76 Å². The van der Waals surface area contributed by atoms with E-state index in [1.54, 1.807) is 18.7 Å². The molecule has 2 aliphatic heterocycles. The first kappa shape index (κ1) is 16.6. The average molecular weight is 381 g/mol. The van der Waals surface area contributed by atoms with Crippen LogP contribution in [0.4, 0.5) is 10.5 Å². The average Bonchev–Trinajstić information content (AvgIpc) is 3.20. The minimum Gasteiger partial charge on any atom is -0.359 e. The monoisotopic (exact) mass is 380 g/mol. The largest absolute Gasteiger partial charge is 0.359 e. The van der Waals surface area contributed by atoms with Gasteiger partial charge in [-0.2, -0.15) is 0 Å². The number of piperazine rings is 1. The van der Waals surface area contributed by atoms with Gasteiger partial charge in [0.1, 0.15) is 17.4 Å². The molecule has 0 radical (unpaired) electrons. The molecule has 4 rings (SSSR count). The van der Waals surface area contributed by atoms with Crippen molar-refractivity contribution in [2.45, 2.75) is 26.4 Å². The second kappa shape index (κ2) is 6.12. The topological polar surface area (TPSA) is 69.9 Å². The number of halogens is 1. The molecule has 3 amide bonds. The lowest BCUT2D eigenvalue weighted by atomic mass is 10.1. The van der Waals surface area contributed by atoms with Gasteiger partial charge in [-0.1, -0.05) is 16.8 Å². The summed E-state index contributed by atoms with van der Waals surface area (Å²) in [5.41, 5.74) is 1.02. The number of carbonyl (C=O) groups is 2. The van der Waals surface area contributed by atoms with Crippen LogP contribution in [-0.2, 0) is 11.3 Å². The maximum atomic E-state index is 12.9. The minimum absolute atomic E-state index is 0.215. The fraction of sp³-hybridized carbons (Fsp3) is 0.438. The van der Waals surface area contributed by atoms with Gasteiger partial charge in [-0.05, 0) is 26.0 Å². The summed E-state index contributed by atoms with van der Waals surface area (Å²) in [6.45, 7) is 5.93. The van der Waals surface area contributed by atoms with E-state index in [1.807, 2.05) is 12.1 Å². The van der Waals surface area contributed by atoms with Gasteiger partial charge in [-0.3, -0.25) is 9.69 Å². The Kier molecular flexibility index (Phi) is 4.05. The first-order valence-corrected chi connectivity index (χ1v) is 9.19. The number of urea groups is 1. The van der Waals surface area contributed by atoms with Crippen molar-refractivity contribution in [2.24, 2.45) is 0 Å². The van der Waals surface area contributed by atoms with E-state index < -0.39 is 6.04 Å². The summed E-state index contributed by atoms with van der Waals surface area (Å²) in [6.07, 6.45) is 0. The van der Waals surface area contributed by atoms with Crippen molar-refractivity contribution in [1.29, 1.82) is 0 Å². The van der Waals surface area contributed by atoms with Gasteiger partial charge >= 0.3 is 6.03 Å². The molecule has 7 nitrogen and oxygen atoms in total. The molecule has 0 spiro atoms. The number of carbonyl (C=O) groups excluding carboxylic acids is 2. The Hall–Kier alpha value is -1.90. The highest BCUT2D eigenvalue weighted by molar-refractivity contribution is 7.16. The molecule has 0 aliphatic carbocycles. The van der Waals surface area contributed by atoms with E-state index in [4.69, 9.17) is 16.1 Å². The number of aromatic nitrogens is 1. The number of anilines is 1. The van der Waals surface area contributed by atoms with Crippen LogP contribution in [0.3, 0.4) is 0 Å². The van der Waals surface area contributed by atoms with Gasteiger partial charge in [-0.25, -0.2) is 9.69 Å². The summed E-state index contributed by atoms with van der Waals surface area (Å²) in [7, 11) is 0. The third-order valence-corrected chi connectivity index (χ3v) is 5.85. The zero-order chi connectivity index (χ0) is 17.7. The first-order valence-electron chi connectivity index (χ1n) is 7.99. The molecule has 2 aliphatic rings. The van der Waals surface area contributed by atoms with Gasteiger partial charge < -0.3 is 9.42 Å². The summed E-state index contributed by atoms with van der Waals surface area (Å²) in [4.78, 5) is 31.9. The van der Waals surface area contributed by atoms with Gasteiger partial charge in [0.25, 0.3) is 5.91 Å². The molecule has 0 saturated carbocycles. The quantitative estimate of drug-likeness (QED) is 0.765. The van der Waals surface area contributed by atoms with Crippen LogP contribution in [0.1, 0.15) is 16.3 Å². The zero-order valence-corrected chi connectivity index (χ0v) is 15.4. The molecule has 1 unspecified atom stereocenters. The summed E-state index contributed by atoms with van der Waals surface area (Å²) in [6, 6.07) is 3.12. The lowest BCUT2D eigenvalue weighted by Gasteiger charge is -2.34. The van der Waals surface area contributed by atoms with Crippen molar-refractivity contribution in [3.05, 3.63) is 32.8 Å². The molecule has 2 saturated heterocycles. The van der Waals surface area contributed by atoms with Gasteiger partial charge in [-0.15, -0.1) is 11.3 Å². The van der Waals surface area contributed by atoms with Crippen molar-refractivity contribution >= 4 is 40.6 Å². The number of hydrogen-bond acceptors (Lipinski definition) is 6. The Morgan fingerprint density at radius 2 is 2.12 bits per heavy atom. The Morgan fingerprint density at radius 3 is 2.76 bits per heavy atom. The highest BCUT2D eigenvalue weighted by atomic mass is 35.5. The number of nitrogens with zero attached hydrogens (tertiary/aromatic N) is 4. The molecule has 1 atom stereocenters. The van der Waals surface area contributed by atoms with Crippen LogP contribution in [0, 0.1) is 13.8 Å². The molecule has 2 aromatic heterocycles. The normalized spacial score (nSPS) is 21.3. The Morgan fingerprint density at radius 1 is 1.32 bits per heavy atom. The fourth-order valence-electron chi connectivity index (χ4n) is 3.46. The summed E-state index contributed by atoms with van der Waals surface area (Å²) in [5, 5.41) is 3.86. The predicted octanol–water partition coefficient (Wildman–Crippen LogP) is 2.66. The standard InChI is InChI=1S/C16H17ClN4O3S/c1-9-14(10(2)24-18-9)21-15(22)12-8-19(5-6-20(12)16(21)23)7-11-3-4-13(17)25-11/h3-4,12H,5-8H2,1-2H3. The third kappa shape index (κ3) is 2.74. The van der Waals surface area contributed by atoms with E-state index in [1.165, 1.54) is 16.2 Å². The van der Waals surface area contributed by atoms with E-state index in [-0.39, 0.29) is 11.9 Å². The molecule has 0 aromatic carbocycles. The SMILES string of the molecule is Cc1noc(C)c1N1C(=O)C2CN(Cc3ccc(Cl)s3)CCN2C1=O. The first-order chi connectivity index (χ1) is 12.0. The Labute approximate surface area is 153 Å². The number of imide groups is 1. The van der Waals surface area contributed by atoms with Gasteiger partial charge in [0.05, 0.1) is 4.34 Å². The molecule has 25 heavy (non-hydrogen) atoms. The second-order valence-electron chi connectivity index (χ2n) is 6.28. The van der Waals surface area contributed by atoms with Crippen LogP contribution >= 0.6 is 22.9 Å². The van der Waals surface area contributed by atoms with Crippen LogP contribution in [0.15, 0.2) is 16.7 Å². The van der Waals surface area contributed by atoms with E-state index in [9.17, 15) is 9.59 Å². The molecule has 132 valence electrons. The predicted molar refractivity (Wildman–Crippen MR) is 94.0 cm³/mol. The number of rotatable bonds is 3. The molecule has 0 N–H and O–H groups in total. The number of amides is 3. The van der Waals surface area contributed by atoms with E-state index >= 15 is 0 Å². The van der Waals surface area contributed by atoms with Crippen LogP contribution in [0.2, 0.25) is 4.34 Å². The van der Waals surface area contributed by atoms with Crippen molar-refractivity contribution in [3.63, 3.8) is 0 Å². The summed E-state index contributed by atoms with van der Waals surface area (Å²) < 4.78 is 5.88. The minimum atomic E-state index is -0.467. The van der Waals surface area contributed by atoms with Crippen LogP contribution in [-0.4, -0.2) is 52.6 Å². The Balaban J connectivity index is 1.55. The highest BCUT2D eigenvalue weighted by Crippen LogP contribution is 2.32. The zero-order valence-electron chi connectivity index (χ0n) is 13.9. The maximum absolute atomic E-state index is 12.9. The maximum Gasteiger partial charge on any atom is 0.332 e. The van der Waals surface area contributed by atoms with Crippen molar-refractivity contribution in [2.75, 3.05) is 24.5 Å².